The van der Waals surface area contributed by atoms with E-state index in [-0.39, 0.29) is 25.8 Å². The molecule has 0 spiro atoms. The third-order valence-electron chi connectivity index (χ3n) is 8.02. The van der Waals surface area contributed by atoms with Gasteiger partial charge in [-0.05, 0) is 44.9 Å². The van der Waals surface area contributed by atoms with E-state index in [1.165, 1.54) is 89.9 Å². The Balaban J connectivity index is 4.20. The SMILES string of the molecule is CCCCCC/C=C\C/C=C\CCCCCCCCCC(=O)OC(COCCCCCCCCC)COP(=O)(O)OCC[N+](C)(C)C. The standard InChI is InChI=1S/C38H74NO7P/c1-6-8-10-12-14-15-16-17-18-19-20-21-22-23-24-25-27-29-31-38(40)46-37(35-43-33-30-28-26-13-11-9-7-2)36-45-47(41,42)44-34-32-39(3,4)5/h15-16,18-19,37H,6-14,17,20-36H2,1-5H3/p+1/b16-15-,19-18-. The van der Waals surface area contributed by atoms with E-state index in [1.807, 2.05) is 21.1 Å². The number of unbranched alkanes of at least 4 members (excludes halogenated alkanes) is 17. The molecule has 0 saturated carbocycles. The van der Waals surface area contributed by atoms with Crippen molar-refractivity contribution in [3.63, 3.8) is 0 Å². The van der Waals surface area contributed by atoms with Gasteiger partial charge in [-0.2, -0.15) is 0 Å². The highest BCUT2D eigenvalue weighted by Crippen LogP contribution is 2.43. The van der Waals surface area contributed by atoms with E-state index in [9.17, 15) is 14.3 Å². The topological polar surface area (TPSA) is 91.3 Å². The third kappa shape index (κ3) is 36.1. The summed E-state index contributed by atoms with van der Waals surface area (Å²) in [5.74, 6) is -0.324. The molecule has 2 unspecified atom stereocenters. The number of hydrogen-bond acceptors (Lipinski definition) is 6. The molecule has 0 aromatic carbocycles. The van der Waals surface area contributed by atoms with Crippen LogP contribution in [-0.2, 0) is 27.9 Å². The maximum atomic E-state index is 12.6. The van der Waals surface area contributed by atoms with Crippen LogP contribution >= 0.6 is 7.82 Å². The number of likely N-dealkylation sites (N-methyl/N-ethyl adjacent to an activating group) is 1. The van der Waals surface area contributed by atoms with Crippen molar-refractivity contribution < 1.29 is 37.3 Å². The first-order valence-corrected chi connectivity index (χ1v) is 20.6. The van der Waals surface area contributed by atoms with Gasteiger partial charge in [0.05, 0.1) is 34.4 Å². The van der Waals surface area contributed by atoms with Crippen LogP contribution in [0.5, 0.6) is 0 Å². The number of carbonyl (C=O) groups excluding carboxylic acids is 1. The predicted octanol–water partition coefficient (Wildman–Crippen LogP) is 10.5. The molecule has 9 heteroatoms. The van der Waals surface area contributed by atoms with Crippen molar-refractivity contribution in [3.8, 4) is 0 Å². The lowest BCUT2D eigenvalue weighted by Gasteiger charge is -2.24. The Bertz CT molecular complexity index is 812. The average molecular weight is 689 g/mol. The largest absolute Gasteiger partial charge is 0.472 e. The first-order valence-electron chi connectivity index (χ1n) is 19.1. The fourth-order valence-electron chi connectivity index (χ4n) is 4.99. The summed E-state index contributed by atoms with van der Waals surface area (Å²) in [6.07, 6.45) is 33.5. The number of phosphoric ester groups is 1. The number of esters is 1. The Morgan fingerprint density at radius 2 is 1.17 bits per heavy atom. The van der Waals surface area contributed by atoms with Crippen LogP contribution in [0.2, 0.25) is 0 Å². The molecule has 0 aliphatic carbocycles. The molecule has 0 saturated heterocycles. The maximum absolute atomic E-state index is 12.6. The van der Waals surface area contributed by atoms with Crippen LogP contribution in [0.25, 0.3) is 0 Å². The number of nitrogens with zero attached hydrogens (tertiary/aromatic N) is 1. The van der Waals surface area contributed by atoms with Gasteiger partial charge in [0.2, 0.25) is 0 Å². The van der Waals surface area contributed by atoms with E-state index in [1.54, 1.807) is 0 Å². The molecule has 2 atom stereocenters. The Hall–Kier alpha value is -1.02. The van der Waals surface area contributed by atoms with Crippen molar-refractivity contribution in [2.45, 2.75) is 161 Å². The summed E-state index contributed by atoms with van der Waals surface area (Å²) in [6, 6.07) is 0. The van der Waals surface area contributed by atoms with E-state index < -0.39 is 13.9 Å². The van der Waals surface area contributed by atoms with Crippen molar-refractivity contribution >= 4 is 13.8 Å². The van der Waals surface area contributed by atoms with Gasteiger partial charge >= 0.3 is 13.8 Å². The number of quaternary nitrogens is 1. The molecule has 8 nitrogen and oxygen atoms in total. The fourth-order valence-corrected chi connectivity index (χ4v) is 5.73. The minimum absolute atomic E-state index is 0.0880. The monoisotopic (exact) mass is 689 g/mol. The zero-order chi connectivity index (χ0) is 34.9. The van der Waals surface area contributed by atoms with Crippen LogP contribution in [0.15, 0.2) is 24.3 Å². The van der Waals surface area contributed by atoms with Crippen LogP contribution in [-0.4, -0.2) is 75.6 Å². The van der Waals surface area contributed by atoms with Crippen molar-refractivity contribution in [2.75, 3.05) is 54.1 Å². The first kappa shape index (κ1) is 46.0. The number of rotatable bonds is 35. The second kappa shape index (κ2) is 32.2. The lowest BCUT2D eigenvalue weighted by atomic mass is 10.1. The van der Waals surface area contributed by atoms with Gasteiger partial charge in [-0.3, -0.25) is 13.8 Å². The number of phosphoric acid groups is 1. The maximum Gasteiger partial charge on any atom is 0.472 e. The molecule has 1 N–H and O–H groups in total. The number of allylic oxidation sites excluding steroid dienone is 4. The van der Waals surface area contributed by atoms with Crippen molar-refractivity contribution in [2.24, 2.45) is 0 Å². The highest BCUT2D eigenvalue weighted by molar-refractivity contribution is 7.47. The molecular formula is C38H75NO7P+. The van der Waals surface area contributed by atoms with E-state index in [2.05, 4.69) is 38.2 Å². The summed E-state index contributed by atoms with van der Waals surface area (Å²) in [4.78, 5) is 22.7. The molecule has 47 heavy (non-hydrogen) atoms. The van der Waals surface area contributed by atoms with E-state index in [0.29, 0.717) is 24.1 Å². The lowest BCUT2D eigenvalue weighted by molar-refractivity contribution is -0.870. The molecule has 0 aromatic rings. The zero-order valence-corrected chi connectivity index (χ0v) is 32.2. The molecule has 278 valence electrons. The Morgan fingerprint density at radius 1 is 0.660 bits per heavy atom. The summed E-state index contributed by atoms with van der Waals surface area (Å²) in [6.45, 7) is 5.56. The molecular weight excluding hydrogens is 613 g/mol. The van der Waals surface area contributed by atoms with Gasteiger partial charge in [0, 0.05) is 13.0 Å². The summed E-state index contributed by atoms with van der Waals surface area (Å²) in [7, 11) is 1.66. The zero-order valence-electron chi connectivity index (χ0n) is 31.3. The molecule has 0 aliphatic heterocycles. The van der Waals surface area contributed by atoms with Crippen LogP contribution in [0.4, 0.5) is 0 Å². The molecule has 0 rings (SSSR count). The highest BCUT2D eigenvalue weighted by atomic mass is 31.2. The van der Waals surface area contributed by atoms with Gasteiger partial charge in [0.1, 0.15) is 19.3 Å². The van der Waals surface area contributed by atoms with E-state index >= 15 is 0 Å². The Labute approximate surface area is 290 Å². The number of carbonyl (C=O) groups is 1. The Morgan fingerprint density at radius 3 is 1.74 bits per heavy atom. The Kier molecular flexibility index (Phi) is 31.5. The summed E-state index contributed by atoms with van der Waals surface area (Å²) >= 11 is 0. The smallest absolute Gasteiger partial charge is 0.457 e. The van der Waals surface area contributed by atoms with Crippen LogP contribution < -0.4 is 0 Å². The van der Waals surface area contributed by atoms with Gasteiger partial charge in [0.25, 0.3) is 0 Å². The molecule has 0 heterocycles. The molecule has 0 fully saturated rings. The van der Waals surface area contributed by atoms with Crippen molar-refractivity contribution in [1.29, 1.82) is 0 Å². The minimum atomic E-state index is -4.26. The minimum Gasteiger partial charge on any atom is -0.457 e. The highest BCUT2D eigenvalue weighted by Gasteiger charge is 2.26. The van der Waals surface area contributed by atoms with Crippen molar-refractivity contribution in [3.05, 3.63) is 24.3 Å². The number of ether oxygens (including phenoxy) is 2. The molecule has 0 bridgehead atoms. The number of hydrogen-bond donors (Lipinski definition) is 1. The first-order chi connectivity index (χ1) is 22.6. The lowest BCUT2D eigenvalue weighted by Crippen LogP contribution is -2.37. The van der Waals surface area contributed by atoms with Crippen LogP contribution in [0, 0.1) is 0 Å². The van der Waals surface area contributed by atoms with Gasteiger partial charge in [0.15, 0.2) is 0 Å². The molecule has 0 aromatic heterocycles. The van der Waals surface area contributed by atoms with E-state index in [4.69, 9.17) is 18.5 Å². The molecule has 0 amide bonds. The third-order valence-corrected chi connectivity index (χ3v) is 9.00. The fraction of sp³-hybridized carbons (Fsp3) is 0.868. The second-order valence-corrected chi connectivity index (χ2v) is 15.4. The van der Waals surface area contributed by atoms with E-state index in [0.717, 1.165) is 44.9 Å². The van der Waals surface area contributed by atoms with Crippen molar-refractivity contribution in [1.82, 2.24) is 0 Å². The van der Waals surface area contributed by atoms with Gasteiger partial charge < -0.3 is 18.9 Å². The molecule has 0 radical (unpaired) electrons. The summed E-state index contributed by atoms with van der Waals surface area (Å²) in [5, 5.41) is 0. The summed E-state index contributed by atoms with van der Waals surface area (Å²) in [5.41, 5.74) is 0. The second-order valence-electron chi connectivity index (χ2n) is 14.0. The summed E-state index contributed by atoms with van der Waals surface area (Å²) < 4.78 is 34.7. The van der Waals surface area contributed by atoms with Gasteiger partial charge in [-0.1, -0.05) is 128 Å². The van der Waals surface area contributed by atoms with Gasteiger partial charge in [-0.25, -0.2) is 4.57 Å². The predicted molar refractivity (Wildman–Crippen MR) is 197 cm³/mol. The average Bonchev–Trinajstić information content (AvgIpc) is 3.01. The van der Waals surface area contributed by atoms with Gasteiger partial charge in [-0.15, -0.1) is 0 Å². The molecule has 0 aliphatic rings. The normalized spacial score (nSPS) is 14.3. The quantitative estimate of drug-likeness (QED) is 0.0233. The van der Waals surface area contributed by atoms with Crippen LogP contribution in [0.3, 0.4) is 0 Å². The van der Waals surface area contributed by atoms with Crippen LogP contribution in [0.1, 0.15) is 155 Å².